The molecule has 0 amide bonds. The van der Waals surface area contributed by atoms with Gasteiger partial charge in [0.1, 0.15) is 0 Å². The molecule has 0 spiro atoms. The molecule has 2 rings (SSSR count). The molecule has 18 heavy (non-hydrogen) atoms. The van der Waals surface area contributed by atoms with E-state index in [1.807, 2.05) is 0 Å². The fourth-order valence-corrected chi connectivity index (χ4v) is 2.29. The Morgan fingerprint density at radius 3 is 2.61 bits per heavy atom. The first-order valence-electron chi connectivity index (χ1n) is 6.12. The zero-order valence-electron chi connectivity index (χ0n) is 10.9. The van der Waals surface area contributed by atoms with Crippen molar-refractivity contribution in [2.24, 2.45) is 0 Å². The van der Waals surface area contributed by atoms with Gasteiger partial charge in [-0.1, -0.05) is 32.5 Å². The van der Waals surface area contributed by atoms with E-state index in [0.717, 1.165) is 30.0 Å². The predicted octanol–water partition coefficient (Wildman–Crippen LogP) is 1.41. The molecule has 0 saturated carbocycles. The van der Waals surface area contributed by atoms with Gasteiger partial charge in [-0.2, -0.15) is 5.10 Å². The third-order valence-corrected chi connectivity index (χ3v) is 3.49. The summed E-state index contributed by atoms with van der Waals surface area (Å²) in [5, 5.41) is 13.4. The van der Waals surface area contributed by atoms with Crippen molar-refractivity contribution in [1.82, 2.24) is 24.7 Å². The van der Waals surface area contributed by atoms with Crippen LogP contribution in [0.1, 0.15) is 32.2 Å². The number of aromatic nitrogens is 5. The van der Waals surface area contributed by atoms with Crippen LogP contribution in [-0.2, 0) is 12.8 Å². The number of nitrogens with two attached hydrogens (primary N) is 1. The Balaban J connectivity index is 2.44. The molecule has 7 heteroatoms. The minimum atomic E-state index is 0.572. The van der Waals surface area contributed by atoms with Gasteiger partial charge in [-0.05, 0) is 24.7 Å². The lowest BCUT2D eigenvalue weighted by molar-refractivity contribution is 0.708. The average Bonchev–Trinajstić information content (AvgIpc) is 2.94. The third kappa shape index (κ3) is 2.22. The Hall–Kier alpha value is -1.50. The van der Waals surface area contributed by atoms with Gasteiger partial charge in [0.2, 0.25) is 5.16 Å². The molecule has 0 aliphatic heterocycles. The zero-order valence-corrected chi connectivity index (χ0v) is 11.7. The second-order valence-corrected chi connectivity index (χ2v) is 5.06. The van der Waals surface area contributed by atoms with Gasteiger partial charge in [0.05, 0.1) is 5.69 Å². The minimum absolute atomic E-state index is 0.572. The lowest BCUT2D eigenvalue weighted by Gasteiger charge is -2.05. The molecule has 0 aromatic carbocycles. The van der Waals surface area contributed by atoms with Gasteiger partial charge in [0.25, 0.3) is 5.95 Å². The van der Waals surface area contributed by atoms with Crippen molar-refractivity contribution in [3.05, 3.63) is 17.5 Å². The molecule has 2 N–H and O–H groups in total. The molecular weight excluding hydrogens is 248 g/mol. The van der Waals surface area contributed by atoms with E-state index in [0.29, 0.717) is 11.1 Å². The molecule has 0 fully saturated rings. The maximum Gasteiger partial charge on any atom is 0.271 e. The molecule has 2 heterocycles. The molecule has 2 aromatic rings. The van der Waals surface area contributed by atoms with Crippen LogP contribution in [0.5, 0.6) is 0 Å². The van der Waals surface area contributed by atoms with Crippen molar-refractivity contribution < 1.29 is 0 Å². The van der Waals surface area contributed by atoms with Gasteiger partial charge in [0.15, 0.2) is 0 Å². The van der Waals surface area contributed by atoms with Crippen LogP contribution in [0.15, 0.2) is 11.2 Å². The van der Waals surface area contributed by atoms with Crippen molar-refractivity contribution in [3.8, 4) is 5.95 Å². The number of hydrogen-bond donors (Lipinski definition) is 1. The highest BCUT2D eigenvalue weighted by Gasteiger charge is 2.15. The van der Waals surface area contributed by atoms with Crippen molar-refractivity contribution in [3.63, 3.8) is 0 Å². The molecule has 0 unspecified atom stereocenters. The Labute approximate surface area is 111 Å². The van der Waals surface area contributed by atoms with E-state index in [1.54, 1.807) is 16.4 Å². The molecule has 0 atom stereocenters. The van der Waals surface area contributed by atoms with Crippen LogP contribution < -0.4 is 5.84 Å². The fourth-order valence-electron chi connectivity index (χ4n) is 1.71. The first-order valence-corrected chi connectivity index (χ1v) is 7.11. The van der Waals surface area contributed by atoms with Crippen LogP contribution >= 0.6 is 11.8 Å². The quantitative estimate of drug-likeness (QED) is 0.654. The average molecular weight is 266 g/mol. The molecule has 0 aliphatic carbocycles. The van der Waals surface area contributed by atoms with Gasteiger partial charge in [0, 0.05) is 5.69 Å². The van der Waals surface area contributed by atoms with Gasteiger partial charge in [-0.25, -0.2) is 9.36 Å². The lowest BCUT2D eigenvalue weighted by atomic mass is 10.3. The minimum Gasteiger partial charge on any atom is -0.334 e. The largest absolute Gasteiger partial charge is 0.334 e. The summed E-state index contributed by atoms with van der Waals surface area (Å²) < 4.78 is 3.28. The van der Waals surface area contributed by atoms with Gasteiger partial charge >= 0.3 is 0 Å². The maximum absolute atomic E-state index is 6.01. The molecule has 2 aromatic heterocycles. The SMILES string of the molecule is CCSc1nnc(-n2nc(CC)cc2CC)n1N. The number of hydrogen-bond acceptors (Lipinski definition) is 5. The van der Waals surface area contributed by atoms with Crippen molar-refractivity contribution in [1.29, 1.82) is 0 Å². The van der Waals surface area contributed by atoms with E-state index in [4.69, 9.17) is 5.84 Å². The van der Waals surface area contributed by atoms with Gasteiger partial charge in [-0.3, -0.25) is 0 Å². The third-order valence-electron chi connectivity index (χ3n) is 2.67. The number of nitrogen functional groups attached to an aromatic ring is 1. The summed E-state index contributed by atoms with van der Waals surface area (Å²) in [5.74, 6) is 7.49. The van der Waals surface area contributed by atoms with Gasteiger partial charge in [-0.15, -0.1) is 10.2 Å². The summed E-state index contributed by atoms with van der Waals surface area (Å²) in [7, 11) is 0. The van der Waals surface area contributed by atoms with E-state index in [1.165, 1.54) is 4.68 Å². The summed E-state index contributed by atoms with van der Waals surface area (Å²) in [6.07, 6.45) is 1.78. The molecular formula is C11H18N6S. The van der Waals surface area contributed by atoms with Crippen molar-refractivity contribution in [2.45, 2.75) is 38.8 Å². The van der Waals surface area contributed by atoms with Crippen LogP contribution in [0.4, 0.5) is 0 Å². The topological polar surface area (TPSA) is 74.5 Å². The van der Waals surface area contributed by atoms with Crippen LogP contribution in [0.25, 0.3) is 5.95 Å². The Kier molecular flexibility index (Phi) is 3.90. The second kappa shape index (κ2) is 5.43. The molecule has 98 valence electrons. The van der Waals surface area contributed by atoms with E-state index < -0.39 is 0 Å². The smallest absolute Gasteiger partial charge is 0.271 e. The highest BCUT2D eigenvalue weighted by Crippen LogP contribution is 2.17. The first-order chi connectivity index (χ1) is 8.71. The zero-order chi connectivity index (χ0) is 13.1. The molecule has 6 nitrogen and oxygen atoms in total. The van der Waals surface area contributed by atoms with Crippen LogP contribution in [-0.4, -0.2) is 30.4 Å². The summed E-state index contributed by atoms with van der Waals surface area (Å²) in [4.78, 5) is 0. The molecule has 0 bridgehead atoms. The summed E-state index contributed by atoms with van der Waals surface area (Å²) >= 11 is 1.57. The lowest BCUT2D eigenvalue weighted by Crippen LogP contribution is -2.17. The maximum atomic E-state index is 6.01. The number of thioether (sulfide) groups is 1. The molecule has 0 saturated heterocycles. The monoisotopic (exact) mass is 266 g/mol. The fraction of sp³-hybridized carbons (Fsp3) is 0.545. The van der Waals surface area contributed by atoms with E-state index in [9.17, 15) is 0 Å². The summed E-state index contributed by atoms with van der Waals surface area (Å²) in [6, 6.07) is 2.08. The van der Waals surface area contributed by atoms with Gasteiger partial charge < -0.3 is 5.84 Å². The standard InChI is InChI=1S/C11H18N6S/c1-4-8-7-9(5-2)17(15-8)10-13-14-11(16(10)12)18-6-3/h7H,4-6,12H2,1-3H3. The highest BCUT2D eigenvalue weighted by atomic mass is 32.2. The normalized spacial score (nSPS) is 11.1. The summed E-state index contributed by atoms with van der Waals surface area (Å²) in [6.45, 7) is 6.23. The highest BCUT2D eigenvalue weighted by molar-refractivity contribution is 7.99. The molecule has 0 aliphatic rings. The Morgan fingerprint density at radius 1 is 1.22 bits per heavy atom. The first kappa shape index (κ1) is 12.9. The summed E-state index contributed by atoms with van der Waals surface area (Å²) in [5.41, 5.74) is 2.14. The van der Waals surface area contributed by atoms with E-state index >= 15 is 0 Å². The number of aryl methyl sites for hydroxylation is 2. The predicted molar refractivity (Wildman–Crippen MR) is 72.4 cm³/mol. The van der Waals surface area contributed by atoms with Crippen molar-refractivity contribution in [2.75, 3.05) is 11.6 Å². The van der Waals surface area contributed by atoms with Crippen LogP contribution in [0, 0.1) is 0 Å². The Bertz CT molecular complexity index is 530. The van der Waals surface area contributed by atoms with E-state index in [2.05, 4.69) is 42.1 Å². The number of nitrogens with zero attached hydrogens (tertiary/aromatic N) is 5. The van der Waals surface area contributed by atoms with Crippen molar-refractivity contribution >= 4 is 11.8 Å². The van der Waals surface area contributed by atoms with E-state index in [-0.39, 0.29) is 0 Å². The second-order valence-electron chi connectivity index (χ2n) is 3.83. The Morgan fingerprint density at radius 2 is 2.00 bits per heavy atom. The number of rotatable bonds is 5. The van der Waals surface area contributed by atoms with Crippen LogP contribution in [0.3, 0.4) is 0 Å². The van der Waals surface area contributed by atoms with Crippen LogP contribution in [0.2, 0.25) is 0 Å². The molecule has 0 radical (unpaired) electrons.